The van der Waals surface area contributed by atoms with Crippen molar-refractivity contribution in [2.24, 2.45) is 0 Å². The van der Waals surface area contributed by atoms with Gasteiger partial charge in [0.15, 0.2) is 15.0 Å². The largest absolute Gasteiger partial charge is 0.458 e. The first kappa shape index (κ1) is 18.9. The average molecular weight is 417 g/mol. The molecule has 0 aliphatic carbocycles. The number of ether oxygens (including phenoxy) is 1. The van der Waals surface area contributed by atoms with Gasteiger partial charge >= 0.3 is 5.97 Å². The van der Waals surface area contributed by atoms with Gasteiger partial charge in [-0.3, -0.25) is 4.79 Å². The summed E-state index contributed by atoms with van der Waals surface area (Å²) < 4.78 is 30.3. The van der Waals surface area contributed by atoms with Crippen LogP contribution in [-0.2, 0) is 25.8 Å². The van der Waals surface area contributed by atoms with E-state index >= 15 is 0 Å². The third kappa shape index (κ3) is 3.88. The van der Waals surface area contributed by atoms with Crippen molar-refractivity contribution in [3.8, 4) is 0 Å². The first-order valence-corrected chi connectivity index (χ1v) is 11.5. The van der Waals surface area contributed by atoms with Gasteiger partial charge in [-0.15, -0.1) is 0 Å². The zero-order chi connectivity index (χ0) is 19.7. The molecule has 0 amide bonds. The summed E-state index contributed by atoms with van der Waals surface area (Å²) in [4.78, 5) is 19.2. The molecule has 8 heteroatoms. The predicted molar refractivity (Wildman–Crippen MR) is 110 cm³/mol. The van der Waals surface area contributed by atoms with Crippen LogP contribution in [0.2, 0.25) is 0 Å². The van der Waals surface area contributed by atoms with Crippen molar-refractivity contribution in [3.05, 3.63) is 54.1 Å². The number of esters is 1. The standard InChI is InChI=1S/C20H20N2O4S2/c1-2-28(24,25)16-9-7-14(8-10-16)11-19(23)26-15-12-22(13-15)20-21-17-5-3-4-6-18(17)27-20/h3-10,15H,2,11-13H2,1H3. The number of thiazole rings is 1. The van der Waals surface area contributed by atoms with Crippen LogP contribution < -0.4 is 4.90 Å². The minimum atomic E-state index is -3.23. The Labute approximate surface area is 167 Å². The quantitative estimate of drug-likeness (QED) is 0.575. The molecule has 3 aromatic rings. The summed E-state index contributed by atoms with van der Waals surface area (Å²) in [7, 11) is -3.23. The van der Waals surface area contributed by atoms with Crippen molar-refractivity contribution in [3.63, 3.8) is 0 Å². The second-order valence-electron chi connectivity index (χ2n) is 6.71. The summed E-state index contributed by atoms with van der Waals surface area (Å²) in [5, 5.41) is 0.946. The predicted octanol–water partition coefficient (Wildman–Crippen LogP) is 3.06. The second-order valence-corrected chi connectivity index (χ2v) is 9.99. The molecule has 1 aromatic heterocycles. The molecule has 6 nitrogen and oxygen atoms in total. The molecular formula is C20H20N2O4S2. The molecule has 146 valence electrons. The van der Waals surface area contributed by atoms with Crippen molar-refractivity contribution in [2.45, 2.75) is 24.3 Å². The highest BCUT2D eigenvalue weighted by Crippen LogP contribution is 2.31. The van der Waals surface area contributed by atoms with Gasteiger partial charge in [0.25, 0.3) is 0 Å². The zero-order valence-corrected chi connectivity index (χ0v) is 17.0. The van der Waals surface area contributed by atoms with E-state index in [1.165, 1.54) is 0 Å². The van der Waals surface area contributed by atoms with Crippen LogP contribution in [-0.4, -0.2) is 44.3 Å². The fraction of sp³-hybridized carbons (Fsp3) is 0.300. The van der Waals surface area contributed by atoms with Crippen molar-refractivity contribution in [2.75, 3.05) is 23.7 Å². The highest BCUT2D eigenvalue weighted by molar-refractivity contribution is 7.91. The van der Waals surface area contributed by atoms with E-state index in [0.29, 0.717) is 13.1 Å². The van der Waals surface area contributed by atoms with Crippen LogP contribution in [0.4, 0.5) is 5.13 Å². The molecule has 1 aliphatic heterocycles. The first-order chi connectivity index (χ1) is 13.4. The lowest BCUT2D eigenvalue weighted by molar-refractivity contribution is -0.149. The van der Waals surface area contributed by atoms with Gasteiger partial charge in [-0.05, 0) is 29.8 Å². The maximum Gasteiger partial charge on any atom is 0.310 e. The van der Waals surface area contributed by atoms with E-state index in [4.69, 9.17) is 4.74 Å². The van der Waals surface area contributed by atoms with Crippen LogP contribution in [0.5, 0.6) is 0 Å². The monoisotopic (exact) mass is 416 g/mol. The van der Waals surface area contributed by atoms with Gasteiger partial charge in [0.1, 0.15) is 6.10 Å². The van der Waals surface area contributed by atoms with E-state index in [-0.39, 0.29) is 29.1 Å². The smallest absolute Gasteiger partial charge is 0.310 e. The Morgan fingerprint density at radius 1 is 1.18 bits per heavy atom. The second kappa shape index (κ2) is 7.52. The molecule has 0 radical (unpaired) electrons. The summed E-state index contributed by atoms with van der Waals surface area (Å²) >= 11 is 1.64. The summed E-state index contributed by atoms with van der Waals surface area (Å²) in [6.45, 7) is 2.88. The Balaban J connectivity index is 1.29. The van der Waals surface area contributed by atoms with E-state index in [0.717, 1.165) is 20.9 Å². The number of fused-ring (bicyclic) bond motifs is 1. The number of para-hydroxylation sites is 1. The minimum Gasteiger partial charge on any atom is -0.458 e. The van der Waals surface area contributed by atoms with Gasteiger partial charge in [-0.1, -0.05) is 42.5 Å². The van der Waals surface area contributed by atoms with Gasteiger partial charge < -0.3 is 9.64 Å². The summed E-state index contributed by atoms with van der Waals surface area (Å²) in [5.74, 6) is -0.249. The van der Waals surface area contributed by atoms with E-state index in [1.807, 2.05) is 24.3 Å². The molecule has 2 aromatic carbocycles. The topological polar surface area (TPSA) is 76.6 Å². The molecule has 28 heavy (non-hydrogen) atoms. The number of anilines is 1. The molecule has 2 heterocycles. The van der Waals surface area contributed by atoms with Gasteiger partial charge in [-0.2, -0.15) is 0 Å². The Morgan fingerprint density at radius 2 is 1.89 bits per heavy atom. The molecule has 1 saturated heterocycles. The maximum atomic E-state index is 12.2. The van der Waals surface area contributed by atoms with Gasteiger partial charge in [0, 0.05) is 0 Å². The van der Waals surface area contributed by atoms with E-state index < -0.39 is 9.84 Å². The minimum absolute atomic E-state index is 0.0568. The molecule has 0 spiro atoms. The Morgan fingerprint density at radius 3 is 2.57 bits per heavy atom. The maximum absolute atomic E-state index is 12.2. The number of rotatable bonds is 6. The highest BCUT2D eigenvalue weighted by atomic mass is 32.2. The van der Waals surface area contributed by atoms with E-state index in [1.54, 1.807) is 42.5 Å². The van der Waals surface area contributed by atoms with Crippen LogP contribution in [0.25, 0.3) is 10.2 Å². The van der Waals surface area contributed by atoms with Crippen molar-refractivity contribution < 1.29 is 17.9 Å². The van der Waals surface area contributed by atoms with Crippen LogP contribution in [0.3, 0.4) is 0 Å². The number of nitrogens with zero attached hydrogens (tertiary/aromatic N) is 2. The Hall–Kier alpha value is -2.45. The fourth-order valence-electron chi connectivity index (χ4n) is 3.04. The lowest BCUT2D eigenvalue weighted by Crippen LogP contribution is -2.53. The summed E-state index contributed by atoms with van der Waals surface area (Å²) in [5.41, 5.74) is 1.72. The number of sulfone groups is 1. The number of hydrogen-bond acceptors (Lipinski definition) is 7. The molecule has 0 atom stereocenters. The number of aromatic nitrogens is 1. The van der Waals surface area contributed by atoms with Gasteiger partial charge in [-0.25, -0.2) is 13.4 Å². The molecule has 0 unspecified atom stereocenters. The van der Waals surface area contributed by atoms with Crippen LogP contribution in [0.1, 0.15) is 12.5 Å². The average Bonchev–Trinajstić information content (AvgIpc) is 3.08. The molecule has 0 bridgehead atoms. The van der Waals surface area contributed by atoms with Gasteiger partial charge in [0.05, 0.1) is 40.4 Å². The van der Waals surface area contributed by atoms with E-state index in [2.05, 4.69) is 9.88 Å². The molecule has 4 rings (SSSR count). The summed E-state index contributed by atoms with van der Waals surface area (Å²) in [6, 6.07) is 14.4. The first-order valence-electron chi connectivity index (χ1n) is 9.06. The highest BCUT2D eigenvalue weighted by Gasteiger charge is 2.32. The number of hydrogen-bond donors (Lipinski definition) is 0. The lowest BCUT2D eigenvalue weighted by Gasteiger charge is -2.38. The number of carbonyl (C=O) groups excluding carboxylic acids is 1. The zero-order valence-electron chi connectivity index (χ0n) is 15.4. The summed E-state index contributed by atoms with van der Waals surface area (Å²) in [6.07, 6.45) is -0.0105. The van der Waals surface area contributed by atoms with Crippen molar-refractivity contribution in [1.29, 1.82) is 0 Å². The van der Waals surface area contributed by atoms with Crippen molar-refractivity contribution in [1.82, 2.24) is 4.98 Å². The lowest BCUT2D eigenvalue weighted by atomic mass is 10.1. The van der Waals surface area contributed by atoms with Crippen LogP contribution in [0, 0.1) is 0 Å². The molecule has 1 fully saturated rings. The number of carbonyl (C=O) groups is 1. The normalized spacial score (nSPS) is 14.8. The Kier molecular flexibility index (Phi) is 5.07. The molecular weight excluding hydrogens is 396 g/mol. The Bertz CT molecular complexity index is 1070. The van der Waals surface area contributed by atoms with E-state index in [9.17, 15) is 13.2 Å². The number of benzene rings is 2. The van der Waals surface area contributed by atoms with Crippen LogP contribution >= 0.6 is 11.3 Å². The van der Waals surface area contributed by atoms with Crippen molar-refractivity contribution >= 4 is 42.5 Å². The third-order valence-corrected chi connectivity index (χ3v) is 7.56. The molecule has 1 aliphatic rings. The fourth-order valence-corrected chi connectivity index (χ4v) is 4.91. The molecule has 0 saturated carbocycles. The SMILES string of the molecule is CCS(=O)(=O)c1ccc(CC(=O)OC2CN(c3nc4ccccc4s3)C2)cc1. The van der Waals surface area contributed by atoms with Gasteiger partial charge in [0.2, 0.25) is 0 Å². The molecule has 0 N–H and O–H groups in total. The third-order valence-electron chi connectivity index (χ3n) is 4.71. The van der Waals surface area contributed by atoms with Crippen LogP contribution in [0.15, 0.2) is 53.4 Å².